The van der Waals surface area contributed by atoms with Crippen molar-refractivity contribution in [3.63, 3.8) is 0 Å². The van der Waals surface area contributed by atoms with Gasteiger partial charge in [-0.05, 0) is 6.07 Å². The summed E-state index contributed by atoms with van der Waals surface area (Å²) < 4.78 is 21.3. The molecular weight excluding hydrogens is 180 g/mol. The smallest absolute Gasteiger partial charge is 0.226 e. The van der Waals surface area contributed by atoms with Crippen molar-refractivity contribution in [1.29, 1.82) is 5.26 Å². The van der Waals surface area contributed by atoms with Gasteiger partial charge in [-0.2, -0.15) is 5.26 Å². The van der Waals surface area contributed by atoms with E-state index in [4.69, 9.17) is 10.4 Å². The number of primary sulfonamides is 1. The molecule has 0 saturated heterocycles. The van der Waals surface area contributed by atoms with Crippen LogP contribution in [-0.2, 0) is 10.0 Å². The van der Waals surface area contributed by atoms with E-state index in [1.165, 1.54) is 6.07 Å². The molecule has 0 fully saturated rings. The number of nitriles is 1. The van der Waals surface area contributed by atoms with Crippen molar-refractivity contribution in [1.82, 2.24) is 9.97 Å². The summed E-state index contributed by atoms with van der Waals surface area (Å²) in [6, 6.07) is 2.95. The van der Waals surface area contributed by atoms with E-state index in [0.717, 1.165) is 6.20 Å². The van der Waals surface area contributed by atoms with Gasteiger partial charge in [0.25, 0.3) is 15.2 Å². The van der Waals surface area contributed by atoms with E-state index in [-0.39, 0.29) is 5.69 Å². The SMILES string of the molecule is N#Cc1ccnc(S(N)(=O)=O)n1. The normalized spacial score (nSPS) is 10.7. The van der Waals surface area contributed by atoms with E-state index < -0.39 is 15.2 Å². The fourth-order valence-electron chi connectivity index (χ4n) is 0.540. The first kappa shape index (κ1) is 8.58. The van der Waals surface area contributed by atoms with Crippen LogP contribution in [-0.4, -0.2) is 18.4 Å². The maximum atomic E-state index is 10.6. The van der Waals surface area contributed by atoms with Gasteiger partial charge in [-0.15, -0.1) is 0 Å². The summed E-state index contributed by atoms with van der Waals surface area (Å²) in [7, 11) is -3.91. The Kier molecular flexibility index (Phi) is 2.03. The first-order valence-corrected chi connectivity index (χ1v) is 4.34. The van der Waals surface area contributed by atoms with Crippen LogP contribution in [0, 0.1) is 11.3 Å². The monoisotopic (exact) mass is 184 g/mol. The number of rotatable bonds is 1. The summed E-state index contributed by atoms with van der Waals surface area (Å²) in [6.45, 7) is 0. The Hall–Kier alpha value is -1.52. The summed E-state index contributed by atoms with van der Waals surface area (Å²) in [5.74, 6) is 0. The Morgan fingerprint density at radius 2 is 2.25 bits per heavy atom. The zero-order chi connectivity index (χ0) is 9.19. The summed E-state index contributed by atoms with van der Waals surface area (Å²) in [4.78, 5) is 6.76. The zero-order valence-corrected chi connectivity index (χ0v) is 6.61. The fraction of sp³-hybridized carbons (Fsp3) is 0. The molecule has 0 bridgehead atoms. The second kappa shape index (κ2) is 2.84. The van der Waals surface area contributed by atoms with Gasteiger partial charge in [-0.1, -0.05) is 0 Å². The molecule has 0 aliphatic rings. The third-order valence-corrected chi connectivity index (χ3v) is 1.71. The van der Waals surface area contributed by atoms with Crippen LogP contribution < -0.4 is 5.14 Å². The fourth-order valence-corrected chi connectivity index (χ4v) is 0.974. The predicted molar refractivity (Wildman–Crippen MR) is 38.1 cm³/mol. The first-order chi connectivity index (χ1) is 5.54. The van der Waals surface area contributed by atoms with Crippen LogP contribution in [0.2, 0.25) is 0 Å². The molecule has 0 atom stereocenters. The number of sulfonamides is 1. The lowest BCUT2D eigenvalue weighted by molar-refractivity contribution is 0.588. The standard InChI is InChI=1S/C5H4N4O2S/c6-3-4-1-2-8-5(9-4)12(7,10)11/h1-2H,(H2,7,10,11). The topological polar surface area (TPSA) is 110 Å². The Bertz CT molecular complexity index is 433. The summed E-state index contributed by atoms with van der Waals surface area (Å²) in [5, 5.41) is 12.5. The van der Waals surface area contributed by atoms with Gasteiger partial charge in [-0.25, -0.2) is 23.5 Å². The Labute approximate surface area is 68.7 Å². The van der Waals surface area contributed by atoms with E-state index in [2.05, 4.69) is 9.97 Å². The number of hydrogen-bond acceptors (Lipinski definition) is 5. The van der Waals surface area contributed by atoms with Crippen molar-refractivity contribution in [3.05, 3.63) is 18.0 Å². The van der Waals surface area contributed by atoms with E-state index in [1.807, 2.05) is 0 Å². The number of hydrogen-bond donors (Lipinski definition) is 1. The molecule has 1 aromatic heterocycles. The van der Waals surface area contributed by atoms with Gasteiger partial charge in [-0.3, -0.25) is 0 Å². The van der Waals surface area contributed by atoms with Crippen molar-refractivity contribution in [2.45, 2.75) is 5.16 Å². The third-order valence-electron chi connectivity index (χ3n) is 1.00. The van der Waals surface area contributed by atoms with Crippen LogP contribution in [0.5, 0.6) is 0 Å². The van der Waals surface area contributed by atoms with Gasteiger partial charge < -0.3 is 0 Å². The van der Waals surface area contributed by atoms with E-state index in [1.54, 1.807) is 6.07 Å². The Morgan fingerprint density at radius 1 is 1.58 bits per heavy atom. The quantitative estimate of drug-likeness (QED) is 0.562. The maximum absolute atomic E-state index is 10.6. The molecule has 0 aliphatic carbocycles. The van der Waals surface area contributed by atoms with Gasteiger partial charge >= 0.3 is 0 Å². The molecule has 62 valence electrons. The van der Waals surface area contributed by atoms with Crippen LogP contribution in [0.3, 0.4) is 0 Å². The highest BCUT2D eigenvalue weighted by Gasteiger charge is 2.11. The molecule has 1 aromatic rings. The molecule has 12 heavy (non-hydrogen) atoms. The predicted octanol–water partition coefficient (Wildman–Crippen LogP) is -1.00. The lowest BCUT2D eigenvalue weighted by atomic mass is 10.5. The van der Waals surface area contributed by atoms with Crippen LogP contribution in [0.1, 0.15) is 5.69 Å². The largest absolute Gasteiger partial charge is 0.273 e. The number of nitrogens with zero attached hydrogens (tertiary/aromatic N) is 3. The minimum absolute atomic E-state index is 0.0333. The second-order valence-electron chi connectivity index (χ2n) is 1.88. The molecule has 0 radical (unpaired) electrons. The van der Waals surface area contributed by atoms with Crippen LogP contribution >= 0.6 is 0 Å². The van der Waals surface area contributed by atoms with Crippen molar-refractivity contribution in [2.75, 3.05) is 0 Å². The third kappa shape index (κ3) is 1.75. The molecule has 1 heterocycles. The molecular formula is C5H4N4O2S. The van der Waals surface area contributed by atoms with Gasteiger partial charge in [0.1, 0.15) is 11.8 Å². The summed E-state index contributed by atoms with van der Waals surface area (Å²) in [5.41, 5.74) is -0.0333. The summed E-state index contributed by atoms with van der Waals surface area (Å²) >= 11 is 0. The highest BCUT2D eigenvalue weighted by atomic mass is 32.2. The molecule has 0 aliphatic heterocycles. The summed E-state index contributed by atoms with van der Waals surface area (Å²) in [6.07, 6.45) is 1.16. The lowest BCUT2D eigenvalue weighted by Crippen LogP contribution is -2.16. The molecule has 0 aromatic carbocycles. The van der Waals surface area contributed by atoms with Crippen molar-refractivity contribution in [3.8, 4) is 6.07 Å². The van der Waals surface area contributed by atoms with E-state index in [0.29, 0.717) is 0 Å². The average molecular weight is 184 g/mol. The second-order valence-corrected chi connectivity index (χ2v) is 3.34. The molecule has 2 N–H and O–H groups in total. The van der Waals surface area contributed by atoms with Gasteiger partial charge in [0.05, 0.1) is 0 Å². The van der Waals surface area contributed by atoms with Gasteiger partial charge in [0.2, 0.25) is 0 Å². The van der Waals surface area contributed by atoms with Gasteiger partial charge in [0, 0.05) is 6.20 Å². The minimum Gasteiger partial charge on any atom is -0.226 e. The molecule has 0 saturated carbocycles. The average Bonchev–Trinajstić information content (AvgIpc) is 2.03. The molecule has 6 nitrogen and oxygen atoms in total. The Balaban J connectivity index is 3.32. The van der Waals surface area contributed by atoms with Crippen LogP contribution in [0.4, 0.5) is 0 Å². The van der Waals surface area contributed by atoms with E-state index in [9.17, 15) is 8.42 Å². The lowest BCUT2D eigenvalue weighted by Gasteiger charge is -1.93. The zero-order valence-electron chi connectivity index (χ0n) is 5.80. The van der Waals surface area contributed by atoms with Crippen LogP contribution in [0.25, 0.3) is 0 Å². The van der Waals surface area contributed by atoms with Gasteiger partial charge in [0.15, 0.2) is 0 Å². The van der Waals surface area contributed by atoms with Crippen LogP contribution in [0.15, 0.2) is 17.4 Å². The number of aromatic nitrogens is 2. The Morgan fingerprint density at radius 3 is 2.75 bits per heavy atom. The number of nitrogens with two attached hydrogens (primary N) is 1. The van der Waals surface area contributed by atoms with Crippen molar-refractivity contribution < 1.29 is 8.42 Å². The van der Waals surface area contributed by atoms with Crippen molar-refractivity contribution in [2.24, 2.45) is 5.14 Å². The van der Waals surface area contributed by atoms with Crippen molar-refractivity contribution >= 4 is 10.0 Å². The van der Waals surface area contributed by atoms with E-state index >= 15 is 0 Å². The molecule has 0 spiro atoms. The highest BCUT2D eigenvalue weighted by molar-refractivity contribution is 7.89. The minimum atomic E-state index is -3.91. The highest BCUT2D eigenvalue weighted by Crippen LogP contribution is 1.98. The molecule has 7 heteroatoms. The molecule has 1 rings (SSSR count). The maximum Gasteiger partial charge on any atom is 0.273 e. The molecule has 0 unspecified atom stereocenters. The molecule has 0 amide bonds. The first-order valence-electron chi connectivity index (χ1n) is 2.80.